The molecule has 10 amide bonds. The molecule has 5 aromatic rings. The predicted octanol–water partition coefficient (Wildman–Crippen LogP) is 5.06. The number of benzene rings is 6. The van der Waals surface area contributed by atoms with Crippen LogP contribution in [0, 0.1) is 25.7 Å². The molecule has 5 aromatic carbocycles. The van der Waals surface area contributed by atoms with Crippen LogP contribution < -0.4 is 41.9 Å². The Morgan fingerprint density at radius 2 is 0.974 bits per heavy atom. The summed E-state index contributed by atoms with van der Waals surface area (Å²) in [6, 6.07) is 23.9. The van der Waals surface area contributed by atoms with Crippen molar-refractivity contribution in [3.05, 3.63) is 176 Å². The van der Waals surface area contributed by atoms with E-state index in [0.29, 0.717) is 41.0 Å². The van der Waals surface area contributed by atoms with Crippen LogP contribution in [-0.4, -0.2) is 220 Å². The first-order valence-corrected chi connectivity index (χ1v) is 38.2. The third kappa shape index (κ3) is 18.3. The Kier molecular flexibility index (Phi) is 25.9. The Morgan fingerprint density at radius 1 is 0.553 bits per heavy atom. The van der Waals surface area contributed by atoms with Gasteiger partial charge in [-0.05, 0) is 123 Å². The Bertz CT molecular complexity index is 4850. The highest BCUT2D eigenvalue weighted by molar-refractivity contribution is 6.10. The maximum absolute atomic E-state index is 15.7. The molecular formula is C84H98N12O18. The number of anilines is 1. The lowest BCUT2D eigenvalue weighted by molar-refractivity contribution is -0.163. The van der Waals surface area contributed by atoms with Crippen molar-refractivity contribution in [2.75, 3.05) is 60.1 Å². The molecule has 0 unspecified atom stereocenters. The Balaban J connectivity index is 0.966. The second-order valence-corrected chi connectivity index (χ2v) is 30.5. The highest BCUT2D eigenvalue weighted by Crippen LogP contribution is 2.36. The molecule has 30 heteroatoms. The van der Waals surface area contributed by atoms with E-state index < -0.39 is 179 Å². The first kappa shape index (κ1) is 82.7. The van der Waals surface area contributed by atoms with Gasteiger partial charge in [-0.3, -0.25) is 52.7 Å². The number of aromatic nitrogens is 1. The molecule has 0 saturated carbocycles. The topological polar surface area (TPSA) is 378 Å². The highest BCUT2D eigenvalue weighted by Gasteiger charge is 2.46. The fraction of sp³-hybridized carbons (Fsp3) is 0.429. The first-order chi connectivity index (χ1) is 54.3. The Morgan fingerprint density at radius 3 is 1.39 bits per heavy atom. The fourth-order valence-electron chi connectivity index (χ4n) is 15.1. The molecule has 0 aromatic heterocycles. The van der Waals surface area contributed by atoms with Gasteiger partial charge in [-0.1, -0.05) is 119 Å². The molecular weight excluding hydrogens is 1460 g/mol. The van der Waals surface area contributed by atoms with Crippen molar-refractivity contribution in [3.63, 3.8) is 0 Å². The maximum atomic E-state index is 15.7. The quantitative estimate of drug-likeness (QED) is 0.0479. The molecule has 6 aliphatic rings. The van der Waals surface area contributed by atoms with Crippen molar-refractivity contribution >= 4 is 87.8 Å². The lowest BCUT2D eigenvalue weighted by atomic mass is 9.98. The zero-order chi connectivity index (χ0) is 82.3. The molecule has 0 radical (unpaired) electrons. The molecule has 1 aliphatic carbocycles. The molecule has 10 atom stereocenters. The summed E-state index contributed by atoms with van der Waals surface area (Å²) in [6.07, 6.45) is -2.38. The van der Waals surface area contributed by atoms with Gasteiger partial charge in [0.05, 0.1) is 29.9 Å². The van der Waals surface area contributed by atoms with E-state index in [-0.39, 0.29) is 80.0 Å². The number of likely N-dealkylation sites (N-methyl/N-ethyl adjacent to an activating group) is 4. The summed E-state index contributed by atoms with van der Waals surface area (Å²) in [5.41, 5.74) is 6.35. The van der Waals surface area contributed by atoms with Crippen LogP contribution in [0.15, 0.2) is 131 Å². The first-order valence-electron chi connectivity index (χ1n) is 38.2. The lowest BCUT2D eigenvalue weighted by Gasteiger charge is -2.35. The molecule has 0 spiro atoms. The molecule has 5 aliphatic heterocycles. The van der Waals surface area contributed by atoms with Gasteiger partial charge in [-0.2, -0.15) is 0 Å². The van der Waals surface area contributed by atoms with E-state index in [1.54, 1.807) is 83.1 Å². The number of fused-ring (bicyclic) bond motifs is 4. The van der Waals surface area contributed by atoms with Crippen molar-refractivity contribution in [1.29, 1.82) is 0 Å². The van der Waals surface area contributed by atoms with Gasteiger partial charge in [-0.15, -0.1) is 0 Å². The minimum Gasteiger partial charge on any atom is -0.489 e. The van der Waals surface area contributed by atoms with E-state index in [1.165, 1.54) is 80.7 Å². The monoisotopic (exact) mass is 1560 g/mol. The number of nitrogens with one attached hydrogen (secondary N) is 4. The molecule has 6 N–H and O–H groups in total. The van der Waals surface area contributed by atoms with Crippen LogP contribution in [0.1, 0.15) is 121 Å². The predicted molar refractivity (Wildman–Crippen MR) is 418 cm³/mol. The number of rotatable bonds is 16. The van der Waals surface area contributed by atoms with Crippen LogP contribution >= 0.6 is 0 Å². The standard InChI is InChI=1S/C84H98N12O18/c1-45(2)70-83(108)112-49(7)66(77(102)86-58(39-51-28-32-55(33-29-51)110-43-53-21-15-13-16-22-53)79(104)95-37-19-25-60(95)81(106)91(9)41-62(97)93(70)11)89-75(100)57-36-27-47(5)73-68(57)88-69-64(65(85)72(99)48(6)74(69)114-73)76(101)90-67-50(8)113-84(109)71(46(3)4)94(12)63(98)42-92(10)82(107)61-26-20-38-96(61)80(105)59(87-78(67)103)40-52-30-34-56(35-31-52)111-44-54-23-17-14-18-24-54/h13-18,21-24,27-36,45-46,49-50,58-61,66-67,70-71H,19-20,25-26,37-44,85H2,1-12H3,(H,86,102)(H,87,103)(H,89,100)(H,90,101)/t49-,50-,58-,59-,60+,61+,66+,67+,70+,71+/m1/s1. The van der Waals surface area contributed by atoms with Crippen LogP contribution in [-0.2, 0) is 83.5 Å². The number of nitrogens with two attached hydrogens (primary N) is 1. The molecule has 30 nitrogen and oxygen atoms in total. The van der Waals surface area contributed by atoms with Gasteiger partial charge in [0.2, 0.25) is 52.7 Å². The van der Waals surface area contributed by atoms with Crippen molar-refractivity contribution in [1.82, 2.24) is 55.7 Å². The molecule has 11 rings (SSSR count). The van der Waals surface area contributed by atoms with Crippen molar-refractivity contribution in [2.45, 2.75) is 168 Å². The molecule has 0 bridgehead atoms. The average Bonchev–Trinajstić information content (AvgIpc) is 0.808. The number of nitrogens with zero attached hydrogens (tertiary/aromatic N) is 7. The SMILES string of the molecule is Cc1c2oc3c(C)ccc(C(=O)N[C@@H]4C(=O)N[C@H](Cc5ccc(OCc6ccccc6)cc5)C(=O)N5CCC[C@H]5C(=O)N(C)CC(=O)N(C)[C@@H](C(C)C)C(=O)O[C@@H]4C)c3nc-2c(C(=O)N[C@@H]2C(=O)N[C@H](Cc3ccc(OCc4ccccc4)cc3)C(=O)N3CCC[C@H]3C(=O)N(C)CC(=O)N(C)[C@@H](C(C)C)C(=O)O[C@@H]2C)c(N)c1=O. The number of hydrogen-bond acceptors (Lipinski definition) is 20. The minimum atomic E-state index is -1.98. The van der Waals surface area contributed by atoms with E-state index in [1.807, 2.05) is 60.7 Å². The number of hydrogen-bond donors (Lipinski definition) is 5. The number of nitrogen functional groups attached to an aromatic ring is 1. The highest BCUT2D eigenvalue weighted by atomic mass is 16.6. The van der Waals surface area contributed by atoms with Crippen LogP contribution in [0.2, 0.25) is 0 Å². The van der Waals surface area contributed by atoms with Crippen molar-refractivity contribution in [2.24, 2.45) is 11.8 Å². The number of amides is 10. The number of esters is 2. The average molecular weight is 1560 g/mol. The fourth-order valence-corrected chi connectivity index (χ4v) is 15.1. The molecule has 4 saturated heterocycles. The van der Waals surface area contributed by atoms with Gasteiger partial charge >= 0.3 is 11.9 Å². The molecule has 5 heterocycles. The normalized spacial score (nSPS) is 22.9. The van der Waals surface area contributed by atoms with Gasteiger partial charge < -0.3 is 79.8 Å². The summed E-state index contributed by atoms with van der Waals surface area (Å²) >= 11 is 0. The number of carbonyl (C=O) groups excluding carboxylic acids is 12. The van der Waals surface area contributed by atoms with E-state index in [9.17, 15) is 33.6 Å². The van der Waals surface area contributed by atoms with Gasteiger partial charge in [-0.25, -0.2) is 14.6 Å². The number of aryl methyl sites for hydroxylation is 1. The molecule has 114 heavy (non-hydrogen) atoms. The summed E-state index contributed by atoms with van der Waals surface area (Å²) in [5, 5.41) is 11.0. The van der Waals surface area contributed by atoms with Gasteiger partial charge in [0.1, 0.15) is 96.5 Å². The third-order valence-electron chi connectivity index (χ3n) is 21.5. The van der Waals surface area contributed by atoms with Crippen LogP contribution in [0.5, 0.6) is 11.5 Å². The number of cyclic esters (lactones) is 2. The van der Waals surface area contributed by atoms with Crippen LogP contribution in [0.3, 0.4) is 0 Å². The van der Waals surface area contributed by atoms with E-state index in [4.69, 9.17) is 34.1 Å². The van der Waals surface area contributed by atoms with Crippen molar-refractivity contribution < 1.29 is 80.9 Å². The molecule has 602 valence electrons. The second kappa shape index (κ2) is 35.6. The van der Waals surface area contributed by atoms with Crippen LogP contribution in [0.4, 0.5) is 5.69 Å². The summed E-state index contributed by atoms with van der Waals surface area (Å²) in [5.74, 6) is -10.8. The lowest BCUT2D eigenvalue weighted by Crippen LogP contribution is -2.61. The number of ether oxygens (including phenoxy) is 4. The van der Waals surface area contributed by atoms with E-state index in [2.05, 4.69) is 21.3 Å². The Hall–Kier alpha value is -12.2. The largest absolute Gasteiger partial charge is 0.489 e. The van der Waals surface area contributed by atoms with Crippen molar-refractivity contribution in [3.8, 4) is 23.0 Å². The smallest absolute Gasteiger partial charge is 0.329 e. The third-order valence-corrected chi connectivity index (χ3v) is 21.5. The minimum absolute atomic E-state index is 0.0896. The van der Waals surface area contributed by atoms with E-state index in [0.717, 1.165) is 20.9 Å². The van der Waals surface area contributed by atoms with Gasteiger partial charge in [0.25, 0.3) is 11.8 Å². The van der Waals surface area contributed by atoms with Crippen LogP contribution in [0.25, 0.3) is 22.6 Å². The zero-order valence-electron chi connectivity index (χ0n) is 66.0. The van der Waals surface area contributed by atoms with Gasteiger partial charge in [0, 0.05) is 59.7 Å². The Labute approximate surface area is 660 Å². The van der Waals surface area contributed by atoms with Gasteiger partial charge in [0.15, 0.2) is 11.3 Å². The number of carbonyl (C=O) groups is 12. The second-order valence-electron chi connectivity index (χ2n) is 30.5. The summed E-state index contributed by atoms with van der Waals surface area (Å²) in [4.78, 5) is 206. The summed E-state index contributed by atoms with van der Waals surface area (Å²) in [6.45, 7) is 12.0. The zero-order valence-corrected chi connectivity index (χ0v) is 66.0. The summed E-state index contributed by atoms with van der Waals surface area (Å²) < 4.78 is 30.8. The summed E-state index contributed by atoms with van der Waals surface area (Å²) in [7, 11) is 5.58. The van der Waals surface area contributed by atoms with E-state index >= 15 is 28.8 Å². The maximum Gasteiger partial charge on any atom is 0.329 e. The molecule has 4 fully saturated rings.